The van der Waals surface area contributed by atoms with Gasteiger partial charge in [-0.3, -0.25) is 4.79 Å². The Morgan fingerprint density at radius 3 is 2.48 bits per heavy atom. The van der Waals surface area contributed by atoms with Gasteiger partial charge < -0.3 is 14.9 Å². The maximum atomic E-state index is 13.3. The Bertz CT molecular complexity index is 1310. The number of nitrogens with one attached hydrogen (secondary N) is 1. The number of carbonyl (C=O) groups excluding carboxylic acids is 1. The van der Waals surface area contributed by atoms with Crippen LogP contribution in [-0.2, 0) is 0 Å². The zero-order chi connectivity index (χ0) is 20.5. The number of carboxylic acids is 1. The summed E-state index contributed by atoms with van der Waals surface area (Å²) in [7, 11) is 0. The molecule has 0 amide bonds. The second kappa shape index (κ2) is 7.44. The van der Waals surface area contributed by atoms with Crippen molar-refractivity contribution in [3.05, 3.63) is 98.2 Å². The van der Waals surface area contributed by atoms with Crippen molar-refractivity contribution in [2.75, 3.05) is 0 Å². The van der Waals surface area contributed by atoms with Gasteiger partial charge in [0, 0.05) is 5.57 Å². The molecule has 4 rings (SSSR count). The van der Waals surface area contributed by atoms with Gasteiger partial charge in [-0.15, -0.1) is 11.3 Å². The summed E-state index contributed by atoms with van der Waals surface area (Å²) in [5.41, 5.74) is 2.07. The predicted molar refractivity (Wildman–Crippen MR) is 109 cm³/mol. The first kappa shape index (κ1) is 18.8. The molecule has 7 heteroatoms. The number of aromatic carboxylic acids is 1. The smallest absolute Gasteiger partial charge is 0.260 e. The third kappa shape index (κ3) is 3.60. The number of benzene rings is 2. The lowest BCUT2D eigenvalue weighted by Gasteiger charge is -2.08. The Balaban J connectivity index is 1.95. The quantitative estimate of drug-likeness (QED) is 0.528. The molecule has 1 N–H and O–H groups in total. The van der Waals surface area contributed by atoms with Crippen LogP contribution >= 0.6 is 11.3 Å². The molecule has 0 aliphatic carbocycles. The molecule has 0 saturated heterocycles. The fourth-order valence-corrected chi connectivity index (χ4v) is 4.11. The number of hydrogen-bond donors (Lipinski definition) is 1. The number of aromatic amines is 1. The Kier molecular flexibility index (Phi) is 4.82. The van der Waals surface area contributed by atoms with Crippen molar-refractivity contribution in [1.29, 1.82) is 0 Å². The maximum absolute atomic E-state index is 13.3. The van der Waals surface area contributed by atoms with E-state index < -0.39 is 11.5 Å². The lowest BCUT2D eigenvalue weighted by Crippen LogP contribution is -2.21. The largest absolute Gasteiger partial charge is 0.544 e. The zero-order valence-electron chi connectivity index (χ0n) is 15.2. The number of aromatic nitrogens is 2. The summed E-state index contributed by atoms with van der Waals surface area (Å²) >= 11 is 0.911. The first-order valence-electron chi connectivity index (χ1n) is 8.72. The molecular formula is C22H14FN2O3S-. The van der Waals surface area contributed by atoms with Gasteiger partial charge in [0.05, 0.1) is 16.2 Å². The van der Waals surface area contributed by atoms with E-state index in [0.717, 1.165) is 22.5 Å². The van der Waals surface area contributed by atoms with Crippen LogP contribution in [0.2, 0.25) is 0 Å². The topological polar surface area (TPSA) is 85.9 Å². The number of carbonyl (C=O) groups is 1. The summed E-state index contributed by atoms with van der Waals surface area (Å²) in [5, 5.41) is 11.6. The number of H-pyrrole nitrogens is 1. The van der Waals surface area contributed by atoms with Crippen LogP contribution in [0.1, 0.15) is 32.2 Å². The normalized spacial score (nSPS) is 11.7. The van der Waals surface area contributed by atoms with Crippen molar-refractivity contribution >= 4 is 39.2 Å². The van der Waals surface area contributed by atoms with Crippen LogP contribution in [0.4, 0.5) is 4.39 Å². The molecule has 2 aromatic carbocycles. The first-order chi connectivity index (χ1) is 13.9. The second-order valence-corrected chi connectivity index (χ2v) is 7.41. The third-order valence-corrected chi connectivity index (χ3v) is 5.67. The van der Waals surface area contributed by atoms with Crippen LogP contribution in [-0.4, -0.2) is 15.9 Å². The van der Waals surface area contributed by atoms with E-state index in [4.69, 9.17) is 0 Å². The molecule has 144 valence electrons. The molecule has 0 bridgehead atoms. The van der Waals surface area contributed by atoms with Crippen LogP contribution in [0.3, 0.4) is 0 Å². The van der Waals surface area contributed by atoms with Crippen LogP contribution in [0, 0.1) is 12.7 Å². The highest BCUT2D eigenvalue weighted by Gasteiger charge is 2.17. The highest BCUT2D eigenvalue weighted by atomic mass is 32.1. The number of hydrogen-bond acceptors (Lipinski definition) is 5. The van der Waals surface area contributed by atoms with E-state index in [9.17, 15) is 19.1 Å². The van der Waals surface area contributed by atoms with E-state index in [2.05, 4.69) is 9.97 Å². The number of thiophene rings is 1. The molecule has 2 aromatic heterocycles. The molecule has 0 aliphatic rings. The summed E-state index contributed by atoms with van der Waals surface area (Å²) < 4.78 is 13.3. The van der Waals surface area contributed by atoms with Crippen LogP contribution < -0.4 is 10.7 Å². The average Bonchev–Trinajstić information content (AvgIpc) is 3.05. The van der Waals surface area contributed by atoms with Crippen molar-refractivity contribution in [3.8, 4) is 0 Å². The predicted octanol–water partition coefficient (Wildman–Crippen LogP) is 3.38. The fourth-order valence-electron chi connectivity index (χ4n) is 3.10. The number of fused-ring (bicyclic) bond motifs is 1. The number of rotatable bonds is 4. The number of aryl methyl sites for hydroxylation is 1. The van der Waals surface area contributed by atoms with Crippen LogP contribution in [0.25, 0.3) is 21.9 Å². The Morgan fingerprint density at radius 1 is 1.14 bits per heavy atom. The lowest BCUT2D eigenvalue weighted by atomic mass is 10.0. The molecule has 5 nitrogen and oxygen atoms in total. The minimum Gasteiger partial charge on any atom is -0.544 e. The van der Waals surface area contributed by atoms with E-state index >= 15 is 0 Å². The lowest BCUT2D eigenvalue weighted by molar-refractivity contribution is -0.254. The number of halogens is 1. The van der Waals surface area contributed by atoms with Crippen LogP contribution in [0.15, 0.2) is 59.4 Å². The minimum atomic E-state index is -1.34. The van der Waals surface area contributed by atoms with E-state index in [0.29, 0.717) is 21.8 Å². The molecule has 29 heavy (non-hydrogen) atoms. The van der Waals surface area contributed by atoms with Gasteiger partial charge in [-0.2, -0.15) is 0 Å². The number of carboxylic acid groups (broad SMARTS) is 1. The summed E-state index contributed by atoms with van der Waals surface area (Å²) in [6.45, 7) is 1.56. The van der Waals surface area contributed by atoms with Gasteiger partial charge >= 0.3 is 0 Å². The van der Waals surface area contributed by atoms with E-state index in [-0.39, 0.29) is 16.1 Å². The van der Waals surface area contributed by atoms with Crippen molar-refractivity contribution in [3.63, 3.8) is 0 Å². The summed E-state index contributed by atoms with van der Waals surface area (Å²) in [4.78, 5) is 31.6. The van der Waals surface area contributed by atoms with Gasteiger partial charge in [0.1, 0.15) is 16.5 Å². The zero-order valence-corrected chi connectivity index (χ0v) is 16.0. The molecule has 0 saturated carbocycles. The molecule has 0 unspecified atom stereocenters. The van der Waals surface area contributed by atoms with Crippen molar-refractivity contribution in [2.24, 2.45) is 0 Å². The summed E-state index contributed by atoms with van der Waals surface area (Å²) in [5.74, 6) is -1.39. The monoisotopic (exact) mass is 405 g/mol. The van der Waals surface area contributed by atoms with E-state index in [1.54, 1.807) is 25.1 Å². The summed E-state index contributed by atoms with van der Waals surface area (Å²) in [6.07, 6.45) is 1.79. The van der Waals surface area contributed by atoms with Gasteiger partial charge in [0.2, 0.25) is 0 Å². The third-order valence-electron chi connectivity index (χ3n) is 4.51. The number of nitrogens with zero attached hydrogens (tertiary/aromatic N) is 1. The molecule has 0 radical (unpaired) electrons. The van der Waals surface area contributed by atoms with Gasteiger partial charge in [-0.05, 0) is 41.8 Å². The van der Waals surface area contributed by atoms with E-state index in [1.807, 2.05) is 30.3 Å². The highest BCUT2D eigenvalue weighted by Crippen LogP contribution is 2.29. The standard InChI is InChI=1S/C22H15FN2O3S/c1-12-17-20(26)24-19(25-21(17)29-18(12)22(27)28)16(14-5-3-2-4-6-14)11-13-7-9-15(23)10-8-13/h2-11H,1H3,(H,27,28)(H,24,25,26)/p-1/b16-11-. The fraction of sp³-hybridized carbons (Fsp3) is 0.0455. The average molecular weight is 405 g/mol. The SMILES string of the molecule is Cc1c(C(=O)[O-])sc2nc(/C(=C\c3ccc(F)cc3)c3ccccc3)[nH]c(=O)c12. The Morgan fingerprint density at radius 2 is 1.83 bits per heavy atom. The Labute approximate surface area is 168 Å². The van der Waals surface area contributed by atoms with Crippen molar-refractivity contribution in [1.82, 2.24) is 9.97 Å². The van der Waals surface area contributed by atoms with Gasteiger partial charge in [-0.25, -0.2) is 9.37 Å². The molecule has 0 fully saturated rings. The van der Waals surface area contributed by atoms with Crippen molar-refractivity contribution < 1.29 is 14.3 Å². The van der Waals surface area contributed by atoms with Gasteiger partial charge in [0.25, 0.3) is 5.56 Å². The minimum absolute atomic E-state index is 0.0149. The molecule has 0 atom stereocenters. The molecule has 0 aliphatic heterocycles. The first-order valence-corrected chi connectivity index (χ1v) is 9.53. The van der Waals surface area contributed by atoms with E-state index in [1.165, 1.54) is 12.1 Å². The maximum Gasteiger partial charge on any atom is 0.260 e. The molecular weight excluding hydrogens is 391 g/mol. The Hall–Kier alpha value is -3.58. The second-order valence-electron chi connectivity index (χ2n) is 6.41. The van der Waals surface area contributed by atoms with Crippen molar-refractivity contribution in [2.45, 2.75) is 6.92 Å². The molecule has 0 spiro atoms. The summed E-state index contributed by atoms with van der Waals surface area (Å²) in [6, 6.07) is 15.3. The van der Waals surface area contributed by atoms with Gasteiger partial charge in [-0.1, -0.05) is 42.5 Å². The molecule has 4 aromatic rings. The van der Waals surface area contributed by atoms with Gasteiger partial charge in [0.15, 0.2) is 0 Å². The highest BCUT2D eigenvalue weighted by molar-refractivity contribution is 7.20. The molecule has 2 heterocycles. The van der Waals surface area contributed by atoms with Crippen LogP contribution in [0.5, 0.6) is 0 Å².